The highest BCUT2D eigenvalue weighted by Gasteiger charge is 2.12. The zero-order valence-electron chi connectivity index (χ0n) is 11.2. The van der Waals surface area contributed by atoms with Crippen LogP contribution >= 0.6 is 11.8 Å². The fourth-order valence-corrected chi connectivity index (χ4v) is 2.23. The van der Waals surface area contributed by atoms with Crippen molar-refractivity contribution in [3.05, 3.63) is 30.3 Å². The summed E-state index contributed by atoms with van der Waals surface area (Å²) in [4.78, 5) is 24.0. The molecule has 0 saturated heterocycles. The zero-order valence-corrected chi connectivity index (χ0v) is 12.0. The van der Waals surface area contributed by atoms with Gasteiger partial charge >= 0.3 is 5.97 Å². The Labute approximate surface area is 117 Å². The van der Waals surface area contributed by atoms with E-state index in [1.807, 2.05) is 30.3 Å². The quantitative estimate of drug-likeness (QED) is 0.615. The molecule has 1 aromatic rings. The molecule has 1 N–H and O–H groups in total. The Bertz CT molecular complexity index is 408. The maximum Gasteiger partial charge on any atom is 0.307 e. The van der Waals surface area contributed by atoms with E-state index in [4.69, 9.17) is 4.74 Å². The van der Waals surface area contributed by atoms with Crippen LogP contribution in [0.3, 0.4) is 0 Å². The highest BCUT2D eigenvalue weighted by atomic mass is 32.2. The molecule has 0 aliphatic carbocycles. The van der Waals surface area contributed by atoms with Gasteiger partial charge in [-0.25, -0.2) is 0 Å². The number of hydrogen-bond donors (Lipinski definition) is 1. The molecule has 104 valence electrons. The zero-order chi connectivity index (χ0) is 14.1. The summed E-state index contributed by atoms with van der Waals surface area (Å²) in [6, 6.07) is 9.52. The van der Waals surface area contributed by atoms with Gasteiger partial charge in [0.1, 0.15) is 0 Å². The Morgan fingerprint density at radius 2 is 2.00 bits per heavy atom. The summed E-state index contributed by atoms with van der Waals surface area (Å²) in [5, 5.41) is 2.78. The van der Waals surface area contributed by atoms with Gasteiger partial charge in [0, 0.05) is 10.9 Å². The van der Waals surface area contributed by atoms with Crippen LogP contribution in [0.25, 0.3) is 0 Å². The van der Waals surface area contributed by atoms with E-state index in [1.165, 1.54) is 11.8 Å². The van der Waals surface area contributed by atoms with Gasteiger partial charge in [0.15, 0.2) is 0 Å². The molecule has 1 amide bonds. The number of amides is 1. The maximum atomic E-state index is 11.7. The normalized spacial score (nSPS) is 11.7. The number of thioether (sulfide) groups is 1. The first-order chi connectivity index (χ1) is 9.11. The molecule has 0 aliphatic rings. The Morgan fingerprint density at radius 1 is 1.32 bits per heavy atom. The summed E-state index contributed by atoms with van der Waals surface area (Å²) in [6.07, 6.45) is 0.204. The Balaban J connectivity index is 2.25. The second kappa shape index (κ2) is 8.58. The monoisotopic (exact) mass is 281 g/mol. The number of hydrogen-bond acceptors (Lipinski definition) is 4. The molecule has 0 spiro atoms. The van der Waals surface area contributed by atoms with Crippen molar-refractivity contribution in [2.24, 2.45) is 0 Å². The Hall–Kier alpha value is -1.49. The van der Waals surface area contributed by atoms with Crippen molar-refractivity contribution in [2.75, 3.05) is 12.4 Å². The van der Waals surface area contributed by atoms with Crippen LogP contribution in [0.1, 0.15) is 20.3 Å². The molecule has 0 aliphatic heterocycles. The molecular weight excluding hydrogens is 262 g/mol. The van der Waals surface area contributed by atoms with E-state index >= 15 is 0 Å². The summed E-state index contributed by atoms with van der Waals surface area (Å²) >= 11 is 1.47. The lowest BCUT2D eigenvalue weighted by molar-refractivity contribution is -0.143. The first-order valence-electron chi connectivity index (χ1n) is 6.24. The van der Waals surface area contributed by atoms with Crippen LogP contribution in [-0.4, -0.2) is 30.3 Å². The third-order valence-electron chi connectivity index (χ3n) is 2.30. The topological polar surface area (TPSA) is 55.4 Å². The molecule has 0 radical (unpaired) electrons. The number of nitrogens with one attached hydrogen (secondary N) is 1. The van der Waals surface area contributed by atoms with Gasteiger partial charge in [-0.3, -0.25) is 9.59 Å². The minimum absolute atomic E-state index is 0.0781. The molecule has 0 aromatic heterocycles. The average Bonchev–Trinajstić information content (AvgIpc) is 2.37. The van der Waals surface area contributed by atoms with Gasteiger partial charge in [-0.05, 0) is 26.0 Å². The minimum atomic E-state index is -0.286. The van der Waals surface area contributed by atoms with E-state index in [0.717, 1.165) is 4.90 Å². The van der Waals surface area contributed by atoms with Crippen LogP contribution in [0.5, 0.6) is 0 Å². The second-order valence-electron chi connectivity index (χ2n) is 4.08. The number of rotatable bonds is 7. The van der Waals surface area contributed by atoms with E-state index in [-0.39, 0.29) is 24.3 Å². The van der Waals surface area contributed by atoms with Crippen LogP contribution in [0, 0.1) is 0 Å². The SMILES string of the molecule is CCOC(=O)CC(C)NC(=O)CSc1ccccc1. The number of benzene rings is 1. The van der Waals surface area contributed by atoms with Gasteiger partial charge in [0.25, 0.3) is 0 Å². The minimum Gasteiger partial charge on any atom is -0.466 e. The van der Waals surface area contributed by atoms with E-state index in [9.17, 15) is 9.59 Å². The molecule has 0 saturated carbocycles. The van der Waals surface area contributed by atoms with Crippen molar-refractivity contribution in [2.45, 2.75) is 31.2 Å². The van der Waals surface area contributed by atoms with Crippen LogP contribution < -0.4 is 5.32 Å². The Morgan fingerprint density at radius 3 is 2.63 bits per heavy atom. The largest absolute Gasteiger partial charge is 0.466 e. The summed E-state index contributed by atoms with van der Waals surface area (Å²) in [5.41, 5.74) is 0. The van der Waals surface area contributed by atoms with Gasteiger partial charge in [0.2, 0.25) is 5.91 Å². The van der Waals surface area contributed by atoms with Crippen LogP contribution in [0.4, 0.5) is 0 Å². The molecule has 1 unspecified atom stereocenters. The number of carbonyl (C=O) groups excluding carboxylic acids is 2. The number of carbonyl (C=O) groups is 2. The van der Waals surface area contributed by atoms with E-state index in [0.29, 0.717) is 12.4 Å². The van der Waals surface area contributed by atoms with Crippen molar-refractivity contribution in [1.82, 2.24) is 5.32 Å². The second-order valence-corrected chi connectivity index (χ2v) is 5.13. The number of esters is 1. The van der Waals surface area contributed by atoms with Gasteiger partial charge < -0.3 is 10.1 Å². The van der Waals surface area contributed by atoms with Gasteiger partial charge in [-0.1, -0.05) is 18.2 Å². The molecule has 4 nitrogen and oxygen atoms in total. The maximum absolute atomic E-state index is 11.7. The third kappa shape index (κ3) is 6.86. The standard InChI is InChI=1S/C14H19NO3S/c1-3-18-14(17)9-11(2)15-13(16)10-19-12-7-5-4-6-8-12/h4-8,11H,3,9-10H2,1-2H3,(H,15,16). The molecule has 0 heterocycles. The van der Waals surface area contributed by atoms with Gasteiger partial charge in [0.05, 0.1) is 18.8 Å². The van der Waals surface area contributed by atoms with Crippen molar-refractivity contribution >= 4 is 23.6 Å². The first-order valence-corrected chi connectivity index (χ1v) is 7.23. The van der Waals surface area contributed by atoms with Crippen molar-refractivity contribution in [3.8, 4) is 0 Å². The lowest BCUT2D eigenvalue weighted by Crippen LogP contribution is -2.35. The average molecular weight is 281 g/mol. The van der Waals surface area contributed by atoms with Gasteiger partial charge in [-0.15, -0.1) is 11.8 Å². The van der Waals surface area contributed by atoms with Crippen molar-refractivity contribution < 1.29 is 14.3 Å². The number of ether oxygens (including phenoxy) is 1. The smallest absolute Gasteiger partial charge is 0.307 e. The van der Waals surface area contributed by atoms with E-state index in [1.54, 1.807) is 13.8 Å². The first kappa shape index (κ1) is 15.6. The summed E-state index contributed by atoms with van der Waals surface area (Å²) in [7, 11) is 0. The van der Waals surface area contributed by atoms with Crippen molar-refractivity contribution in [1.29, 1.82) is 0 Å². The molecule has 0 bridgehead atoms. The molecule has 19 heavy (non-hydrogen) atoms. The van der Waals surface area contributed by atoms with Crippen LogP contribution in [0.15, 0.2) is 35.2 Å². The van der Waals surface area contributed by atoms with Crippen LogP contribution in [0.2, 0.25) is 0 Å². The molecule has 1 rings (SSSR count). The lowest BCUT2D eigenvalue weighted by atomic mass is 10.2. The summed E-state index contributed by atoms with van der Waals surface area (Å²) in [5.74, 6) is -0.0198. The summed E-state index contributed by atoms with van der Waals surface area (Å²) in [6.45, 7) is 3.92. The highest BCUT2D eigenvalue weighted by Crippen LogP contribution is 2.16. The molecule has 1 aromatic carbocycles. The predicted octanol–water partition coefficient (Wildman–Crippen LogP) is 2.24. The van der Waals surface area contributed by atoms with Crippen LogP contribution in [-0.2, 0) is 14.3 Å². The Kier molecular flexibility index (Phi) is 7.03. The predicted molar refractivity (Wildman–Crippen MR) is 76.0 cm³/mol. The van der Waals surface area contributed by atoms with Crippen molar-refractivity contribution in [3.63, 3.8) is 0 Å². The molecular formula is C14H19NO3S. The third-order valence-corrected chi connectivity index (χ3v) is 3.31. The van der Waals surface area contributed by atoms with E-state index < -0.39 is 0 Å². The molecule has 1 atom stereocenters. The van der Waals surface area contributed by atoms with Gasteiger partial charge in [-0.2, -0.15) is 0 Å². The molecule has 0 fully saturated rings. The van der Waals surface area contributed by atoms with E-state index in [2.05, 4.69) is 5.32 Å². The lowest BCUT2D eigenvalue weighted by Gasteiger charge is -2.12. The fourth-order valence-electron chi connectivity index (χ4n) is 1.50. The fraction of sp³-hybridized carbons (Fsp3) is 0.429. The molecule has 5 heteroatoms. The summed E-state index contributed by atoms with van der Waals surface area (Å²) < 4.78 is 4.83. The highest BCUT2D eigenvalue weighted by molar-refractivity contribution is 8.00.